The van der Waals surface area contributed by atoms with Crippen LogP contribution in [0.4, 0.5) is 11.4 Å². The topological polar surface area (TPSA) is 130 Å². The largest absolute Gasteiger partial charge is 0.409 e. The van der Waals surface area contributed by atoms with Crippen molar-refractivity contribution in [1.82, 2.24) is 14.7 Å². The lowest BCUT2D eigenvalue weighted by Gasteiger charge is -2.25. The standard InChI is InChI=1S/C13H13N5O6S/c19-17(20)10-5-9(6-11(7-10)18(21)22)12-14-16(13(25)24-12)8-15-1-3-23-4-2-15/h5-7H,1-4,8H2. The fourth-order valence-corrected chi connectivity index (χ4v) is 2.55. The molecule has 12 heteroatoms. The van der Waals surface area contributed by atoms with Crippen LogP contribution >= 0.6 is 12.2 Å². The Hall–Kier alpha value is -2.70. The van der Waals surface area contributed by atoms with Crippen LogP contribution in [-0.2, 0) is 11.4 Å². The lowest BCUT2D eigenvalue weighted by atomic mass is 10.2. The van der Waals surface area contributed by atoms with Gasteiger partial charge in [-0.3, -0.25) is 25.1 Å². The highest BCUT2D eigenvalue weighted by Gasteiger charge is 2.21. The van der Waals surface area contributed by atoms with Crippen LogP contribution in [0.1, 0.15) is 0 Å². The third-order valence-electron chi connectivity index (χ3n) is 3.62. The monoisotopic (exact) mass is 367 g/mol. The van der Waals surface area contributed by atoms with E-state index >= 15 is 0 Å². The number of nitro groups is 2. The molecule has 25 heavy (non-hydrogen) atoms. The molecule has 1 aliphatic heterocycles. The summed E-state index contributed by atoms with van der Waals surface area (Å²) < 4.78 is 12.1. The van der Waals surface area contributed by atoms with Crippen molar-refractivity contribution in [2.75, 3.05) is 26.3 Å². The summed E-state index contributed by atoms with van der Waals surface area (Å²) in [7, 11) is 0. The average molecular weight is 367 g/mol. The van der Waals surface area contributed by atoms with Crippen LogP contribution < -0.4 is 0 Å². The minimum Gasteiger partial charge on any atom is -0.409 e. The Bertz CT molecular complexity index is 840. The summed E-state index contributed by atoms with van der Waals surface area (Å²) in [4.78, 5) is 22.7. The Morgan fingerprint density at radius 1 is 1.12 bits per heavy atom. The molecule has 0 N–H and O–H groups in total. The molecule has 0 bridgehead atoms. The van der Waals surface area contributed by atoms with Crippen molar-refractivity contribution in [2.24, 2.45) is 0 Å². The van der Waals surface area contributed by atoms with Crippen LogP contribution in [0, 0.1) is 25.1 Å². The molecule has 1 saturated heterocycles. The van der Waals surface area contributed by atoms with Gasteiger partial charge >= 0.3 is 0 Å². The van der Waals surface area contributed by atoms with Gasteiger partial charge in [0.15, 0.2) is 0 Å². The maximum absolute atomic E-state index is 11.0. The van der Waals surface area contributed by atoms with E-state index in [4.69, 9.17) is 21.4 Å². The second kappa shape index (κ2) is 7.04. The Morgan fingerprint density at radius 2 is 1.72 bits per heavy atom. The van der Waals surface area contributed by atoms with Gasteiger partial charge in [0.25, 0.3) is 16.2 Å². The maximum Gasteiger partial charge on any atom is 0.288 e. The van der Waals surface area contributed by atoms with E-state index in [-0.39, 0.29) is 16.3 Å². The third kappa shape index (κ3) is 3.87. The summed E-state index contributed by atoms with van der Waals surface area (Å²) in [5, 5.41) is 26.2. The molecule has 3 rings (SSSR count). The fraction of sp³-hybridized carbons (Fsp3) is 0.385. The fourth-order valence-electron chi connectivity index (χ4n) is 2.37. The van der Waals surface area contributed by atoms with Gasteiger partial charge in [0.05, 0.1) is 41.4 Å². The first-order valence-corrected chi connectivity index (χ1v) is 7.67. The Labute approximate surface area is 145 Å². The predicted molar refractivity (Wildman–Crippen MR) is 86.5 cm³/mol. The van der Waals surface area contributed by atoms with Crippen molar-refractivity contribution in [3.63, 3.8) is 0 Å². The van der Waals surface area contributed by atoms with Gasteiger partial charge in [-0.05, 0) is 12.2 Å². The molecule has 0 radical (unpaired) electrons. The highest BCUT2D eigenvalue weighted by Crippen LogP contribution is 2.29. The molecule has 2 aromatic rings. The van der Waals surface area contributed by atoms with E-state index in [0.29, 0.717) is 33.0 Å². The average Bonchev–Trinajstić information content (AvgIpc) is 2.96. The molecular formula is C13H13N5O6S. The molecule has 1 fully saturated rings. The number of aromatic nitrogens is 2. The number of rotatable bonds is 5. The van der Waals surface area contributed by atoms with Crippen molar-refractivity contribution < 1.29 is 19.0 Å². The van der Waals surface area contributed by atoms with E-state index in [9.17, 15) is 20.2 Å². The number of hydrogen-bond acceptors (Lipinski definition) is 9. The second-order valence-electron chi connectivity index (χ2n) is 5.30. The summed E-state index contributed by atoms with van der Waals surface area (Å²) in [6.07, 6.45) is 0. The molecule has 1 aromatic carbocycles. The van der Waals surface area contributed by atoms with E-state index in [2.05, 4.69) is 10.00 Å². The first-order valence-electron chi connectivity index (χ1n) is 7.26. The van der Waals surface area contributed by atoms with E-state index in [1.54, 1.807) is 0 Å². The number of benzene rings is 1. The highest BCUT2D eigenvalue weighted by atomic mass is 32.1. The Kier molecular flexibility index (Phi) is 4.83. The smallest absolute Gasteiger partial charge is 0.288 e. The molecule has 11 nitrogen and oxygen atoms in total. The Balaban J connectivity index is 1.94. The van der Waals surface area contributed by atoms with Gasteiger partial charge in [-0.25, -0.2) is 4.68 Å². The number of non-ortho nitro benzene ring substituents is 2. The van der Waals surface area contributed by atoms with E-state index < -0.39 is 21.2 Å². The Morgan fingerprint density at radius 3 is 2.28 bits per heavy atom. The lowest BCUT2D eigenvalue weighted by molar-refractivity contribution is -0.394. The van der Waals surface area contributed by atoms with E-state index in [1.165, 1.54) is 4.68 Å². The molecule has 132 valence electrons. The van der Waals surface area contributed by atoms with Gasteiger partial charge in [0.1, 0.15) is 0 Å². The van der Waals surface area contributed by atoms with Gasteiger partial charge in [0.2, 0.25) is 5.89 Å². The third-order valence-corrected chi connectivity index (χ3v) is 3.91. The maximum atomic E-state index is 11.0. The summed E-state index contributed by atoms with van der Waals surface area (Å²) in [6.45, 7) is 3.02. The van der Waals surface area contributed by atoms with Crippen molar-refractivity contribution in [3.8, 4) is 11.5 Å². The van der Waals surface area contributed by atoms with Gasteiger partial charge in [0, 0.05) is 25.2 Å². The number of hydrogen-bond donors (Lipinski definition) is 0. The van der Waals surface area contributed by atoms with Crippen LogP contribution in [-0.4, -0.2) is 50.8 Å². The first kappa shape index (κ1) is 17.1. The molecule has 0 aliphatic carbocycles. The normalized spacial score (nSPS) is 15.2. The molecule has 2 heterocycles. The second-order valence-corrected chi connectivity index (χ2v) is 5.65. The van der Waals surface area contributed by atoms with Crippen LogP contribution in [0.15, 0.2) is 22.6 Å². The zero-order valence-electron chi connectivity index (χ0n) is 12.9. The zero-order valence-corrected chi connectivity index (χ0v) is 13.7. The molecule has 0 unspecified atom stereocenters. The molecule has 1 aliphatic rings. The minimum absolute atomic E-state index is 0.00920. The summed E-state index contributed by atoms with van der Waals surface area (Å²) in [5.41, 5.74) is -0.728. The molecular weight excluding hydrogens is 354 g/mol. The van der Waals surface area contributed by atoms with E-state index in [1.807, 2.05) is 0 Å². The lowest BCUT2D eigenvalue weighted by Crippen LogP contribution is -2.37. The number of ether oxygens (including phenoxy) is 1. The molecule has 0 saturated carbocycles. The van der Waals surface area contributed by atoms with Crippen molar-refractivity contribution in [3.05, 3.63) is 43.3 Å². The molecule has 0 amide bonds. The SMILES string of the molecule is O=[N+]([O-])c1cc(-c2nn(CN3CCOCC3)c(=S)o2)cc([N+](=O)[O-])c1. The molecule has 0 atom stereocenters. The van der Waals surface area contributed by atoms with Crippen molar-refractivity contribution >= 4 is 23.6 Å². The molecule has 1 aromatic heterocycles. The van der Waals surface area contributed by atoms with Gasteiger partial charge in [-0.2, -0.15) is 0 Å². The predicted octanol–water partition coefficient (Wildman–Crippen LogP) is 1.98. The van der Waals surface area contributed by atoms with Gasteiger partial charge < -0.3 is 9.15 Å². The van der Waals surface area contributed by atoms with E-state index in [0.717, 1.165) is 18.2 Å². The van der Waals surface area contributed by atoms with Crippen LogP contribution in [0.2, 0.25) is 0 Å². The quantitative estimate of drug-likeness (QED) is 0.442. The number of morpholine rings is 1. The van der Waals surface area contributed by atoms with Crippen LogP contribution in [0.5, 0.6) is 0 Å². The molecule has 0 spiro atoms. The number of nitro benzene ring substituents is 2. The zero-order chi connectivity index (χ0) is 18.0. The summed E-state index contributed by atoms with van der Waals surface area (Å²) in [5.74, 6) is -0.00920. The highest BCUT2D eigenvalue weighted by molar-refractivity contribution is 7.71. The first-order chi connectivity index (χ1) is 11.9. The van der Waals surface area contributed by atoms with Crippen LogP contribution in [0.3, 0.4) is 0 Å². The van der Waals surface area contributed by atoms with Crippen molar-refractivity contribution in [1.29, 1.82) is 0 Å². The van der Waals surface area contributed by atoms with Crippen molar-refractivity contribution in [2.45, 2.75) is 6.67 Å². The van der Waals surface area contributed by atoms with Gasteiger partial charge in [-0.15, -0.1) is 5.10 Å². The minimum atomic E-state index is -0.712. The van der Waals surface area contributed by atoms with Crippen LogP contribution in [0.25, 0.3) is 11.5 Å². The van der Waals surface area contributed by atoms with Gasteiger partial charge in [-0.1, -0.05) is 0 Å². The summed E-state index contributed by atoms with van der Waals surface area (Å²) >= 11 is 5.12. The summed E-state index contributed by atoms with van der Waals surface area (Å²) in [6, 6.07) is 3.20. The number of nitrogens with zero attached hydrogens (tertiary/aromatic N) is 5.